The first-order valence-electron chi connectivity index (χ1n) is 7.43. The van der Waals surface area contributed by atoms with E-state index in [-0.39, 0.29) is 18.5 Å². The van der Waals surface area contributed by atoms with Gasteiger partial charge in [0.2, 0.25) is 0 Å². The first kappa shape index (κ1) is 26.3. The van der Waals surface area contributed by atoms with Crippen LogP contribution in [0.25, 0.3) is 0 Å². The molecule has 0 fully saturated rings. The summed E-state index contributed by atoms with van der Waals surface area (Å²) in [6.07, 6.45) is 4.29. The van der Waals surface area contributed by atoms with Crippen LogP contribution in [-0.4, -0.2) is 42.8 Å². The minimum absolute atomic E-state index is 0.262. The number of aliphatic hydroxyl groups excluding tert-OH is 1. The number of unbranched alkanes of at least 4 members (excludes halogenated alkanes) is 1. The summed E-state index contributed by atoms with van der Waals surface area (Å²) in [5.74, 6) is -2.00. The second-order valence-corrected chi connectivity index (χ2v) is 3.85. The Hall–Kier alpha value is -2.57. The lowest BCUT2D eigenvalue weighted by atomic mass is 10.4. The summed E-state index contributed by atoms with van der Waals surface area (Å²) in [6.45, 7) is 16.1. The quantitative estimate of drug-likeness (QED) is 0.238. The normalized spacial score (nSPS) is 8.12. The van der Waals surface area contributed by atoms with Gasteiger partial charge in [-0.3, -0.25) is 0 Å². The third kappa shape index (κ3) is 24.4. The molecule has 0 rings (SSSR count). The molecule has 24 heavy (non-hydrogen) atoms. The fraction of sp³-hybridized carbons (Fsp3) is 0.471. The van der Waals surface area contributed by atoms with Crippen LogP contribution >= 0.6 is 0 Å². The van der Waals surface area contributed by atoms with E-state index in [2.05, 4.69) is 33.9 Å². The van der Waals surface area contributed by atoms with Crippen molar-refractivity contribution in [3.05, 3.63) is 37.6 Å². The molecule has 1 N–H and O–H groups in total. The van der Waals surface area contributed by atoms with Gasteiger partial charge in [0.15, 0.2) is 5.76 Å². The summed E-state index contributed by atoms with van der Waals surface area (Å²) in [4.78, 5) is 30.6. The van der Waals surface area contributed by atoms with E-state index in [1.165, 1.54) is 6.08 Å². The van der Waals surface area contributed by atoms with Crippen LogP contribution in [0.5, 0.6) is 0 Å². The number of esters is 3. The van der Waals surface area contributed by atoms with Crippen LogP contribution in [0, 0.1) is 0 Å². The molecule has 0 heterocycles. The number of hydrogen-bond donors (Lipinski definition) is 1. The molecule has 0 spiro atoms. The van der Waals surface area contributed by atoms with Gasteiger partial charge in [0.05, 0.1) is 19.8 Å². The Labute approximate surface area is 143 Å². The van der Waals surface area contributed by atoms with Crippen molar-refractivity contribution < 1.29 is 33.7 Å². The number of rotatable bonds is 8. The topological polar surface area (TPSA) is 99.1 Å². The molecular weight excluding hydrogens is 316 g/mol. The van der Waals surface area contributed by atoms with Gasteiger partial charge in [-0.2, -0.15) is 0 Å². The van der Waals surface area contributed by atoms with E-state index < -0.39 is 11.7 Å². The molecule has 0 radical (unpaired) electrons. The standard InChI is InChI=1S/C7H12O2.C5H8O3.C5H8O2/c1-3-5-6-9-7(8)4-2;1-3-8-5(7)4(2)6;1-3-5(6)7-4-2/h4H,2-3,5-6H2,1H3;6H,2-3H2,1H3;3H,1,4H2,2H3. The average molecular weight is 344 g/mol. The first-order valence-corrected chi connectivity index (χ1v) is 7.43. The molecule has 7 nitrogen and oxygen atoms in total. The zero-order chi connectivity index (χ0) is 19.4. The summed E-state index contributed by atoms with van der Waals surface area (Å²) in [7, 11) is 0. The van der Waals surface area contributed by atoms with Crippen LogP contribution in [0.3, 0.4) is 0 Å². The maximum absolute atomic E-state index is 10.3. The van der Waals surface area contributed by atoms with Gasteiger partial charge in [-0.15, -0.1) is 0 Å². The van der Waals surface area contributed by atoms with E-state index in [1.54, 1.807) is 13.8 Å². The van der Waals surface area contributed by atoms with Gasteiger partial charge >= 0.3 is 17.9 Å². The van der Waals surface area contributed by atoms with Crippen LogP contribution in [0.2, 0.25) is 0 Å². The Kier molecular flexibility index (Phi) is 22.4. The molecule has 0 aliphatic heterocycles. The second-order valence-electron chi connectivity index (χ2n) is 3.85. The smallest absolute Gasteiger partial charge is 0.372 e. The van der Waals surface area contributed by atoms with Crippen molar-refractivity contribution in [3.63, 3.8) is 0 Å². The maximum atomic E-state index is 10.3. The molecule has 0 atom stereocenters. The third-order valence-electron chi connectivity index (χ3n) is 1.87. The largest absolute Gasteiger partial charge is 0.502 e. The van der Waals surface area contributed by atoms with E-state index in [1.807, 2.05) is 6.92 Å². The highest BCUT2D eigenvalue weighted by Crippen LogP contribution is 1.88. The summed E-state index contributed by atoms with van der Waals surface area (Å²) in [5.41, 5.74) is 0. The zero-order valence-electron chi connectivity index (χ0n) is 14.7. The van der Waals surface area contributed by atoms with Crippen LogP contribution < -0.4 is 0 Å². The fourth-order valence-corrected chi connectivity index (χ4v) is 0.792. The molecule has 0 amide bonds. The second kappa shape index (κ2) is 20.4. The van der Waals surface area contributed by atoms with Crippen molar-refractivity contribution >= 4 is 17.9 Å². The van der Waals surface area contributed by atoms with E-state index >= 15 is 0 Å². The van der Waals surface area contributed by atoms with Crippen molar-refractivity contribution in [2.45, 2.75) is 33.6 Å². The van der Waals surface area contributed by atoms with Crippen molar-refractivity contribution in [2.75, 3.05) is 19.8 Å². The lowest BCUT2D eigenvalue weighted by Crippen LogP contribution is -2.05. The van der Waals surface area contributed by atoms with Crippen molar-refractivity contribution in [2.24, 2.45) is 0 Å². The Morgan fingerprint density at radius 3 is 1.62 bits per heavy atom. The molecule has 0 aliphatic carbocycles. The van der Waals surface area contributed by atoms with Crippen LogP contribution in [0.15, 0.2) is 37.6 Å². The predicted molar refractivity (Wildman–Crippen MR) is 91.3 cm³/mol. The molecule has 0 aromatic carbocycles. The van der Waals surface area contributed by atoms with Crippen LogP contribution in [-0.2, 0) is 28.6 Å². The van der Waals surface area contributed by atoms with Crippen LogP contribution in [0.4, 0.5) is 0 Å². The molecule has 7 heteroatoms. The first-order chi connectivity index (χ1) is 11.3. The Morgan fingerprint density at radius 2 is 1.38 bits per heavy atom. The van der Waals surface area contributed by atoms with Crippen molar-refractivity contribution in [1.29, 1.82) is 0 Å². The Morgan fingerprint density at radius 1 is 0.917 bits per heavy atom. The number of aliphatic hydroxyl groups is 1. The number of hydrogen-bond acceptors (Lipinski definition) is 7. The highest BCUT2D eigenvalue weighted by atomic mass is 16.5. The summed E-state index contributed by atoms with van der Waals surface area (Å²) < 4.78 is 13.4. The molecule has 0 aromatic rings. The fourth-order valence-electron chi connectivity index (χ4n) is 0.792. The highest BCUT2D eigenvalue weighted by molar-refractivity contribution is 5.84. The van der Waals surface area contributed by atoms with Gasteiger partial charge in [0.1, 0.15) is 0 Å². The lowest BCUT2D eigenvalue weighted by Gasteiger charge is -1.97. The predicted octanol–water partition coefficient (Wildman–Crippen LogP) is 2.87. The van der Waals surface area contributed by atoms with Crippen LogP contribution in [0.1, 0.15) is 33.6 Å². The van der Waals surface area contributed by atoms with Gasteiger partial charge in [0.25, 0.3) is 0 Å². The summed E-state index contributed by atoms with van der Waals surface area (Å²) in [5, 5.41) is 8.28. The monoisotopic (exact) mass is 344 g/mol. The van der Waals surface area contributed by atoms with Crippen molar-refractivity contribution in [1.82, 2.24) is 0 Å². The lowest BCUT2D eigenvalue weighted by molar-refractivity contribution is -0.141. The molecule has 0 aromatic heterocycles. The molecule has 138 valence electrons. The SMILES string of the molecule is C=C(O)C(=O)OCC.C=CC(=O)OCC.C=CC(=O)OCCCC. The third-order valence-corrected chi connectivity index (χ3v) is 1.87. The molecule has 0 aliphatic rings. The van der Waals surface area contributed by atoms with E-state index in [0.717, 1.165) is 18.9 Å². The van der Waals surface area contributed by atoms with Crippen molar-refractivity contribution in [3.8, 4) is 0 Å². The Bertz CT molecular complexity index is 400. The van der Waals surface area contributed by atoms with Gasteiger partial charge in [-0.05, 0) is 26.8 Å². The summed E-state index contributed by atoms with van der Waals surface area (Å²) in [6, 6.07) is 0. The molecule has 0 saturated heterocycles. The van der Waals surface area contributed by atoms with E-state index in [0.29, 0.717) is 13.2 Å². The summed E-state index contributed by atoms with van der Waals surface area (Å²) >= 11 is 0. The van der Waals surface area contributed by atoms with Gasteiger partial charge in [-0.25, -0.2) is 14.4 Å². The molecular formula is C17H28O7. The number of carbonyl (C=O) groups is 3. The minimum atomic E-state index is -0.757. The van der Waals surface area contributed by atoms with E-state index in [4.69, 9.17) is 5.11 Å². The van der Waals surface area contributed by atoms with Gasteiger partial charge in [0, 0.05) is 12.2 Å². The minimum Gasteiger partial charge on any atom is -0.502 e. The number of carbonyl (C=O) groups excluding carboxylic acids is 3. The molecule has 0 saturated carbocycles. The molecule has 0 bridgehead atoms. The average Bonchev–Trinajstić information content (AvgIpc) is 2.56. The van der Waals surface area contributed by atoms with Gasteiger partial charge in [-0.1, -0.05) is 26.5 Å². The zero-order valence-corrected chi connectivity index (χ0v) is 14.7. The maximum Gasteiger partial charge on any atom is 0.372 e. The molecule has 0 unspecified atom stereocenters. The highest BCUT2D eigenvalue weighted by Gasteiger charge is 2.01. The van der Waals surface area contributed by atoms with Gasteiger partial charge < -0.3 is 19.3 Å². The Balaban J connectivity index is -0.000000278. The van der Waals surface area contributed by atoms with E-state index in [9.17, 15) is 14.4 Å². The number of ether oxygens (including phenoxy) is 3.